The lowest BCUT2D eigenvalue weighted by Crippen LogP contribution is -2.31. The summed E-state index contributed by atoms with van der Waals surface area (Å²) in [6, 6.07) is 4.13. The zero-order valence-corrected chi connectivity index (χ0v) is 11.0. The minimum atomic E-state index is 0.490. The molecule has 1 heterocycles. The van der Waals surface area contributed by atoms with Gasteiger partial charge in [-0.2, -0.15) is 0 Å². The van der Waals surface area contributed by atoms with Crippen molar-refractivity contribution in [2.75, 3.05) is 20.8 Å². The Kier molecular flexibility index (Phi) is 3.57. The minimum Gasteiger partial charge on any atom is -0.493 e. The maximum Gasteiger partial charge on any atom is 0.164 e. The molecule has 1 aliphatic heterocycles. The minimum absolute atomic E-state index is 0.490. The van der Waals surface area contributed by atoms with Gasteiger partial charge in [0.15, 0.2) is 11.5 Å². The molecule has 2 rings (SSSR count). The molecular weight excluding hydrogens is 214 g/mol. The van der Waals surface area contributed by atoms with Crippen molar-refractivity contribution in [3.05, 3.63) is 23.3 Å². The summed E-state index contributed by atoms with van der Waals surface area (Å²) in [5.74, 6) is 2.82. The van der Waals surface area contributed by atoms with Gasteiger partial charge in [0.2, 0.25) is 0 Å². The van der Waals surface area contributed by atoms with Gasteiger partial charge >= 0.3 is 0 Å². The van der Waals surface area contributed by atoms with E-state index in [4.69, 9.17) is 9.47 Å². The van der Waals surface area contributed by atoms with Gasteiger partial charge in [0, 0.05) is 24.6 Å². The summed E-state index contributed by atoms with van der Waals surface area (Å²) in [5.41, 5.74) is 2.65. The highest BCUT2D eigenvalue weighted by Gasteiger charge is 2.28. The van der Waals surface area contributed by atoms with Gasteiger partial charge in [0.1, 0.15) is 0 Å². The molecule has 1 atom stereocenters. The first kappa shape index (κ1) is 12.2. The standard InChI is InChI=1S/C14H21NO2/c1-9(2)11-8-15-7-10-5-6-12(16-3)14(17-4)13(10)11/h5-6,9,11,15H,7-8H2,1-4H3. The molecule has 0 aromatic heterocycles. The Morgan fingerprint density at radius 2 is 2.00 bits per heavy atom. The summed E-state index contributed by atoms with van der Waals surface area (Å²) >= 11 is 0. The number of benzene rings is 1. The molecule has 94 valence electrons. The van der Waals surface area contributed by atoms with E-state index < -0.39 is 0 Å². The quantitative estimate of drug-likeness (QED) is 0.873. The molecule has 1 aromatic carbocycles. The Morgan fingerprint density at radius 3 is 2.59 bits per heavy atom. The van der Waals surface area contributed by atoms with E-state index in [1.807, 2.05) is 6.07 Å². The number of hydrogen-bond donors (Lipinski definition) is 1. The molecule has 0 saturated carbocycles. The Bertz CT molecular complexity index is 401. The molecule has 3 nitrogen and oxygen atoms in total. The van der Waals surface area contributed by atoms with E-state index in [1.165, 1.54) is 11.1 Å². The van der Waals surface area contributed by atoms with Crippen molar-refractivity contribution >= 4 is 0 Å². The first-order valence-electron chi connectivity index (χ1n) is 6.13. The fraction of sp³-hybridized carbons (Fsp3) is 0.571. The largest absolute Gasteiger partial charge is 0.493 e. The van der Waals surface area contributed by atoms with Crippen LogP contribution in [0.2, 0.25) is 0 Å². The van der Waals surface area contributed by atoms with Gasteiger partial charge in [0.05, 0.1) is 14.2 Å². The molecule has 3 heteroatoms. The van der Waals surface area contributed by atoms with Gasteiger partial charge in [-0.05, 0) is 17.5 Å². The van der Waals surface area contributed by atoms with E-state index in [2.05, 4.69) is 25.2 Å². The fourth-order valence-corrected chi connectivity index (χ4v) is 2.59. The molecular formula is C14H21NO2. The van der Waals surface area contributed by atoms with E-state index in [-0.39, 0.29) is 0 Å². The molecule has 0 fully saturated rings. The molecule has 0 spiro atoms. The average Bonchev–Trinajstić information content (AvgIpc) is 2.36. The second kappa shape index (κ2) is 4.96. The van der Waals surface area contributed by atoms with Crippen LogP contribution in [0.1, 0.15) is 30.9 Å². The maximum atomic E-state index is 5.56. The number of rotatable bonds is 3. The molecule has 0 bridgehead atoms. The van der Waals surface area contributed by atoms with Gasteiger partial charge in [0.25, 0.3) is 0 Å². The molecule has 0 aliphatic carbocycles. The SMILES string of the molecule is COc1ccc2c(c1OC)C(C(C)C)CNC2. The van der Waals surface area contributed by atoms with Crippen LogP contribution in [-0.4, -0.2) is 20.8 Å². The lowest BCUT2D eigenvalue weighted by atomic mass is 9.82. The predicted octanol–water partition coefficient (Wildman–Crippen LogP) is 2.55. The normalized spacial score (nSPS) is 19.0. The number of nitrogens with one attached hydrogen (secondary N) is 1. The first-order chi connectivity index (χ1) is 8.19. The van der Waals surface area contributed by atoms with Crippen molar-refractivity contribution in [1.29, 1.82) is 0 Å². The molecule has 1 N–H and O–H groups in total. The number of ether oxygens (including phenoxy) is 2. The van der Waals surface area contributed by atoms with E-state index in [9.17, 15) is 0 Å². The van der Waals surface area contributed by atoms with Crippen molar-refractivity contribution in [2.24, 2.45) is 5.92 Å². The highest BCUT2D eigenvalue weighted by Crippen LogP contribution is 2.42. The van der Waals surface area contributed by atoms with Gasteiger partial charge in [-0.25, -0.2) is 0 Å². The Hall–Kier alpha value is -1.22. The Balaban J connectivity index is 2.55. The molecule has 0 radical (unpaired) electrons. The van der Waals surface area contributed by atoms with Crippen LogP contribution < -0.4 is 14.8 Å². The number of fused-ring (bicyclic) bond motifs is 1. The van der Waals surface area contributed by atoms with Crippen molar-refractivity contribution in [1.82, 2.24) is 5.32 Å². The Morgan fingerprint density at radius 1 is 1.24 bits per heavy atom. The monoisotopic (exact) mass is 235 g/mol. The van der Waals surface area contributed by atoms with Gasteiger partial charge in [-0.3, -0.25) is 0 Å². The highest BCUT2D eigenvalue weighted by atomic mass is 16.5. The van der Waals surface area contributed by atoms with Gasteiger partial charge in [-0.15, -0.1) is 0 Å². The lowest BCUT2D eigenvalue weighted by molar-refractivity contribution is 0.337. The third kappa shape index (κ3) is 2.12. The molecule has 1 aromatic rings. The van der Waals surface area contributed by atoms with Crippen molar-refractivity contribution < 1.29 is 9.47 Å². The van der Waals surface area contributed by atoms with Crippen LogP contribution in [0.25, 0.3) is 0 Å². The second-order valence-electron chi connectivity index (χ2n) is 4.86. The smallest absolute Gasteiger partial charge is 0.164 e. The van der Waals surface area contributed by atoms with Gasteiger partial charge < -0.3 is 14.8 Å². The van der Waals surface area contributed by atoms with E-state index in [0.29, 0.717) is 11.8 Å². The third-order valence-corrected chi connectivity index (χ3v) is 3.53. The van der Waals surface area contributed by atoms with Gasteiger partial charge in [-0.1, -0.05) is 19.9 Å². The van der Waals surface area contributed by atoms with Crippen LogP contribution in [0.5, 0.6) is 11.5 Å². The average molecular weight is 235 g/mol. The second-order valence-corrected chi connectivity index (χ2v) is 4.86. The molecule has 17 heavy (non-hydrogen) atoms. The van der Waals surface area contributed by atoms with Crippen molar-refractivity contribution in [3.8, 4) is 11.5 Å². The van der Waals surface area contributed by atoms with Crippen LogP contribution in [0.15, 0.2) is 12.1 Å². The van der Waals surface area contributed by atoms with Crippen LogP contribution in [-0.2, 0) is 6.54 Å². The summed E-state index contributed by atoms with van der Waals surface area (Å²) in [4.78, 5) is 0. The molecule has 0 saturated heterocycles. The number of methoxy groups -OCH3 is 2. The van der Waals surface area contributed by atoms with Crippen LogP contribution in [0, 0.1) is 5.92 Å². The number of hydrogen-bond acceptors (Lipinski definition) is 3. The van der Waals surface area contributed by atoms with Crippen LogP contribution in [0.4, 0.5) is 0 Å². The van der Waals surface area contributed by atoms with Crippen molar-refractivity contribution in [3.63, 3.8) is 0 Å². The summed E-state index contributed by atoms with van der Waals surface area (Å²) in [5, 5.41) is 3.46. The lowest BCUT2D eigenvalue weighted by Gasteiger charge is -2.31. The van der Waals surface area contributed by atoms with Crippen LogP contribution >= 0.6 is 0 Å². The molecule has 1 aliphatic rings. The van der Waals surface area contributed by atoms with Crippen molar-refractivity contribution in [2.45, 2.75) is 26.3 Å². The summed E-state index contributed by atoms with van der Waals surface area (Å²) in [6.07, 6.45) is 0. The summed E-state index contributed by atoms with van der Waals surface area (Å²) in [7, 11) is 3.41. The van der Waals surface area contributed by atoms with E-state index >= 15 is 0 Å². The zero-order valence-electron chi connectivity index (χ0n) is 11.0. The summed E-state index contributed by atoms with van der Waals surface area (Å²) in [6.45, 7) is 6.42. The van der Waals surface area contributed by atoms with E-state index in [0.717, 1.165) is 24.6 Å². The Labute approximate surface area is 103 Å². The molecule has 0 amide bonds. The van der Waals surface area contributed by atoms with Crippen LogP contribution in [0.3, 0.4) is 0 Å². The maximum absolute atomic E-state index is 5.56. The topological polar surface area (TPSA) is 30.5 Å². The zero-order chi connectivity index (χ0) is 12.4. The fourth-order valence-electron chi connectivity index (χ4n) is 2.59. The van der Waals surface area contributed by atoms with E-state index in [1.54, 1.807) is 14.2 Å². The predicted molar refractivity (Wildman–Crippen MR) is 68.8 cm³/mol. The molecule has 1 unspecified atom stereocenters. The summed E-state index contributed by atoms with van der Waals surface area (Å²) < 4.78 is 10.9. The highest BCUT2D eigenvalue weighted by molar-refractivity contribution is 5.53. The third-order valence-electron chi connectivity index (χ3n) is 3.53. The first-order valence-corrected chi connectivity index (χ1v) is 6.13.